The quantitative estimate of drug-likeness (QED) is 0.377. The standard InChI is InChI=1S/C29H26N6O4/c1-34-14-17(26-23(8-11-31-28(26)34)35-15-20-3-4-21(16-35)38-20)12-25-27(36)22-13-19(2-5-24(22)39-25)33-29(37)32-18-6-9-30-10-7-18/h2,5-14,20-21H,3-4,15-16H2,1H3,(H2,30,32,33,37)/b25-12-. The largest absolute Gasteiger partial charge is 0.452 e. The van der Waals surface area contributed by atoms with E-state index in [0.717, 1.165) is 48.2 Å². The molecule has 0 aliphatic carbocycles. The fourth-order valence-corrected chi connectivity index (χ4v) is 5.64. The average molecular weight is 523 g/mol. The smallest absolute Gasteiger partial charge is 0.323 e. The summed E-state index contributed by atoms with van der Waals surface area (Å²) in [6.45, 7) is 1.68. The van der Waals surface area contributed by atoms with Crippen molar-refractivity contribution in [2.24, 2.45) is 7.05 Å². The Morgan fingerprint density at radius 1 is 1.03 bits per heavy atom. The van der Waals surface area contributed by atoms with Gasteiger partial charge in [-0.2, -0.15) is 0 Å². The second-order valence-electron chi connectivity index (χ2n) is 10.1. The van der Waals surface area contributed by atoms with Gasteiger partial charge in [-0.25, -0.2) is 9.78 Å². The molecule has 2 bridgehead atoms. The minimum Gasteiger partial charge on any atom is -0.452 e. The topological polar surface area (TPSA) is 111 Å². The van der Waals surface area contributed by atoms with Crippen molar-refractivity contribution in [1.29, 1.82) is 0 Å². The molecule has 10 nitrogen and oxygen atoms in total. The fourth-order valence-electron chi connectivity index (χ4n) is 5.64. The third-order valence-electron chi connectivity index (χ3n) is 7.40. The molecule has 3 aliphatic heterocycles. The SMILES string of the molecule is Cn1cc(/C=C2\Oc3ccc(NC(=O)Nc4ccncc4)cc3C2=O)c2c(N3CC4CCC(C3)O4)ccnc21. The Labute approximate surface area is 224 Å². The molecule has 2 saturated heterocycles. The number of urea groups is 1. The maximum Gasteiger partial charge on any atom is 0.323 e. The van der Waals surface area contributed by atoms with Crippen LogP contribution in [0.5, 0.6) is 5.75 Å². The molecular weight excluding hydrogens is 496 g/mol. The monoisotopic (exact) mass is 522 g/mol. The zero-order valence-corrected chi connectivity index (χ0v) is 21.3. The van der Waals surface area contributed by atoms with Crippen molar-refractivity contribution >= 4 is 46.0 Å². The lowest BCUT2D eigenvalue weighted by molar-refractivity contribution is 0.0306. The summed E-state index contributed by atoms with van der Waals surface area (Å²) in [5.41, 5.74) is 4.28. The maximum absolute atomic E-state index is 13.4. The Balaban J connectivity index is 1.16. The van der Waals surface area contributed by atoms with E-state index in [-0.39, 0.29) is 23.8 Å². The molecule has 3 aliphatic rings. The first-order chi connectivity index (χ1) is 19.0. The summed E-state index contributed by atoms with van der Waals surface area (Å²) in [7, 11) is 1.95. The van der Waals surface area contributed by atoms with Crippen molar-refractivity contribution in [2.45, 2.75) is 25.0 Å². The minimum atomic E-state index is -0.421. The van der Waals surface area contributed by atoms with E-state index in [1.165, 1.54) is 0 Å². The van der Waals surface area contributed by atoms with Crippen LogP contribution in [0.1, 0.15) is 28.8 Å². The van der Waals surface area contributed by atoms with Gasteiger partial charge in [-0.05, 0) is 55.3 Å². The number of ketones is 1. The predicted molar refractivity (Wildman–Crippen MR) is 147 cm³/mol. The summed E-state index contributed by atoms with van der Waals surface area (Å²) in [4.78, 5) is 36.7. The Morgan fingerprint density at radius 2 is 1.79 bits per heavy atom. The number of aryl methyl sites for hydroxylation is 1. The number of benzene rings is 1. The molecule has 196 valence electrons. The second-order valence-corrected chi connectivity index (χ2v) is 10.1. The molecule has 7 rings (SSSR count). The van der Waals surface area contributed by atoms with Crippen molar-refractivity contribution in [3.8, 4) is 5.75 Å². The lowest BCUT2D eigenvalue weighted by atomic mass is 10.1. The van der Waals surface area contributed by atoms with Crippen LogP contribution in [0.2, 0.25) is 0 Å². The summed E-state index contributed by atoms with van der Waals surface area (Å²) in [5, 5.41) is 6.48. The van der Waals surface area contributed by atoms with Crippen LogP contribution in [0.3, 0.4) is 0 Å². The van der Waals surface area contributed by atoms with Crippen molar-refractivity contribution in [2.75, 3.05) is 28.6 Å². The molecule has 2 unspecified atom stereocenters. The molecule has 1 aromatic carbocycles. The third-order valence-corrected chi connectivity index (χ3v) is 7.40. The number of allylic oxidation sites excluding steroid dienone is 1. The van der Waals surface area contributed by atoms with Crippen molar-refractivity contribution < 1.29 is 19.1 Å². The molecule has 0 saturated carbocycles. The van der Waals surface area contributed by atoms with Crippen LogP contribution in [-0.4, -0.2) is 51.6 Å². The zero-order chi connectivity index (χ0) is 26.5. The number of anilines is 3. The van der Waals surface area contributed by atoms with Gasteiger partial charge in [-0.1, -0.05) is 0 Å². The molecule has 2 atom stereocenters. The molecule has 10 heteroatoms. The third kappa shape index (κ3) is 4.28. The number of fused-ring (bicyclic) bond motifs is 4. The molecule has 3 aromatic heterocycles. The first-order valence-electron chi connectivity index (χ1n) is 12.9. The lowest BCUT2D eigenvalue weighted by Crippen LogP contribution is -2.42. The summed E-state index contributed by atoms with van der Waals surface area (Å²) in [5.74, 6) is 0.442. The van der Waals surface area contributed by atoms with Crippen molar-refractivity contribution in [3.63, 3.8) is 0 Å². The highest BCUT2D eigenvalue weighted by molar-refractivity contribution is 6.16. The van der Waals surface area contributed by atoms with Crippen molar-refractivity contribution in [1.82, 2.24) is 14.5 Å². The summed E-state index contributed by atoms with van der Waals surface area (Å²) < 4.78 is 14.0. The van der Waals surface area contributed by atoms with Crippen LogP contribution in [-0.2, 0) is 11.8 Å². The number of carbonyl (C=O) groups excluding carboxylic acids is 2. The molecule has 6 heterocycles. The fraction of sp³-hybridized carbons (Fsp3) is 0.241. The van der Waals surface area contributed by atoms with Gasteiger partial charge in [-0.15, -0.1) is 0 Å². The molecule has 2 fully saturated rings. The molecular formula is C29H26N6O4. The number of ether oxygens (including phenoxy) is 2. The Kier molecular flexibility index (Phi) is 5.55. The van der Waals surface area contributed by atoms with E-state index < -0.39 is 6.03 Å². The van der Waals surface area contributed by atoms with Gasteiger partial charge in [0.2, 0.25) is 5.78 Å². The predicted octanol–water partition coefficient (Wildman–Crippen LogP) is 4.60. The van der Waals surface area contributed by atoms with Crippen molar-refractivity contribution in [3.05, 3.63) is 78.1 Å². The number of pyridine rings is 2. The highest BCUT2D eigenvalue weighted by Crippen LogP contribution is 2.38. The first-order valence-corrected chi connectivity index (χ1v) is 12.9. The lowest BCUT2D eigenvalue weighted by Gasteiger charge is -2.34. The van der Waals surface area contributed by atoms with Gasteiger partial charge >= 0.3 is 6.03 Å². The highest BCUT2D eigenvalue weighted by Gasteiger charge is 2.35. The van der Waals surface area contributed by atoms with Crippen LogP contribution in [0, 0.1) is 0 Å². The normalized spacial score (nSPS) is 20.8. The van der Waals surface area contributed by atoms with E-state index >= 15 is 0 Å². The first kappa shape index (κ1) is 23.4. The maximum atomic E-state index is 13.4. The van der Waals surface area contributed by atoms with Gasteiger partial charge in [0.05, 0.1) is 23.5 Å². The molecule has 0 radical (unpaired) electrons. The van der Waals surface area contributed by atoms with Gasteiger partial charge in [0.1, 0.15) is 11.4 Å². The highest BCUT2D eigenvalue weighted by atomic mass is 16.5. The zero-order valence-electron chi connectivity index (χ0n) is 21.3. The number of nitrogens with one attached hydrogen (secondary N) is 2. The molecule has 2 N–H and O–H groups in total. The number of amides is 2. The van der Waals surface area contributed by atoms with E-state index in [2.05, 4.69) is 25.5 Å². The molecule has 39 heavy (non-hydrogen) atoms. The van der Waals surface area contributed by atoms with Crippen LogP contribution < -0.4 is 20.3 Å². The van der Waals surface area contributed by atoms with Crippen LogP contribution in [0.15, 0.2) is 66.9 Å². The Morgan fingerprint density at radius 3 is 2.59 bits per heavy atom. The van der Waals surface area contributed by atoms with Gasteiger partial charge in [0.25, 0.3) is 0 Å². The number of aromatic nitrogens is 3. The van der Waals surface area contributed by atoms with E-state index in [4.69, 9.17) is 9.47 Å². The van der Waals surface area contributed by atoms with Crippen LogP contribution in [0.25, 0.3) is 17.1 Å². The van der Waals surface area contributed by atoms with Gasteiger partial charge in [0.15, 0.2) is 5.76 Å². The Hall–Kier alpha value is -4.70. The molecule has 0 spiro atoms. The number of carbonyl (C=O) groups is 2. The number of hydrogen-bond acceptors (Lipinski definition) is 7. The number of Topliss-reactive ketones (excluding diaryl/α,β-unsaturated/α-hetero) is 1. The number of hydrogen-bond donors (Lipinski definition) is 2. The average Bonchev–Trinajstić information content (AvgIpc) is 3.56. The van der Waals surface area contributed by atoms with E-state index in [1.807, 2.05) is 30.1 Å². The summed E-state index contributed by atoms with van der Waals surface area (Å²) in [6, 6.07) is 10.0. The number of rotatable bonds is 4. The molecule has 4 aromatic rings. The van der Waals surface area contributed by atoms with Gasteiger partial charge in [-0.3, -0.25) is 9.78 Å². The summed E-state index contributed by atoms with van der Waals surface area (Å²) >= 11 is 0. The molecule has 2 amide bonds. The number of nitrogens with zero attached hydrogens (tertiary/aromatic N) is 4. The van der Waals surface area contributed by atoms with Crippen LogP contribution >= 0.6 is 0 Å². The summed E-state index contributed by atoms with van der Waals surface area (Å²) in [6.07, 6.45) is 11.4. The van der Waals surface area contributed by atoms with E-state index in [1.54, 1.807) is 48.8 Å². The van der Waals surface area contributed by atoms with Gasteiger partial charge < -0.3 is 29.6 Å². The van der Waals surface area contributed by atoms with E-state index in [9.17, 15) is 9.59 Å². The number of morpholine rings is 1. The Bertz CT molecular complexity index is 1630. The second kappa shape index (κ2) is 9.25. The minimum absolute atomic E-state index is 0.229. The van der Waals surface area contributed by atoms with Crippen LogP contribution in [0.4, 0.5) is 21.9 Å². The van der Waals surface area contributed by atoms with Gasteiger partial charge in [0, 0.05) is 67.2 Å². The van der Waals surface area contributed by atoms with E-state index in [0.29, 0.717) is 22.7 Å².